The van der Waals surface area contributed by atoms with E-state index in [-0.39, 0.29) is 0 Å². The van der Waals surface area contributed by atoms with Gasteiger partial charge in [0, 0.05) is 10.8 Å². The van der Waals surface area contributed by atoms with E-state index in [0.717, 1.165) is 98.6 Å². The normalized spacial score (nSPS) is 11.1. The van der Waals surface area contributed by atoms with Crippen LogP contribution in [0.3, 0.4) is 0 Å². The van der Waals surface area contributed by atoms with Crippen LogP contribution in [0.1, 0.15) is 117 Å². The monoisotopic (exact) mass is 591 g/mol. The summed E-state index contributed by atoms with van der Waals surface area (Å²) in [6.45, 7) is 13.8. The molecule has 236 valence electrons. The Morgan fingerprint density at radius 1 is 0.442 bits per heavy atom. The second-order valence-corrected chi connectivity index (χ2v) is 11.2. The number of rotatable bonds is 22. The minimum atomic E-state index is 0.560. The van der Waals surface area contributed by atoms with E-state index in [1.165, 1.54) is 0 Å². The molecule has 6 nitrogen and oxygen atoms in total. The van der Waals surface area contributed by atoms with Gasteiger partial charge in [0.15, 0.2) is 23.0 Å². The number of nitrogens with zero attached hydrogens (tertiary/aromatic N) is 1. The molecule has 3 aromatic carbocycles. The summed E-state index contributed by atoms with van der Waals surface area (Å²) in [7, 11) is 0. The van der Waals surface area contributed by atoms with Crippen LogP contribution in [0.15, 0.2) is 24.3 Å². The molecule has 0 bridgehead atoms. The molecule has 6 heteroatoms. The van der Waals surface area contributed by atoms with E-state index >= 15 is 0 Å². The van der Waals surface area contributed by atoms with Crippen molar-refractivity contribution in [2.75, 3.05) is 33.0 Å². The summed E-state index contributed by atoms with van der Waals surface area (Å²) in [5.41, 5.74) is 0.568. The number of fused-ring (bicyclic) bond motifs is 3. The number of nitriles is 1. The molecule has 0 fully saturated rings. The fourth-order valence-electron chi connectivity index (χ4n) is 4.96. The van der Waals surface area contributed by atoms with E-state index < -0.39 is 0 Å². The summed E-state index contributed by atoms with van der Waals surface area (Å²) in [5, 5.41) is 13.9. The molecule has 43 heavy (non-hydrogen) atoms. The van der Waals surface area contributed by atoms with Gasteiger partial charge in [0.05, 0.1) is 44.7 Å². The molecule has 0 spiro atoms. The van der Waals surface area contributed by atoms with Crippen LogP contribution in [-0.4, -0.2) is 33.0 Å². The highest BCUT2D eigenvalue weighted by molar-refractivity contribution is 6.14. The van der Waals surface area contributed by atoms with Crippen LogP contribution in [-0.2, 0) is 0 Å². The van der Waals surface area contributed by atoms with Crippen molar-refractivity contribution in [3.63, 3.8) is 0 Å². The Labute approximate surface area is 259 Å². The lowest BCUT2D eigenvalue weighted by molar-refractivity contribution is 0.239. The van der Waals surface area contributed by atoms with Crippen molar-refractivity contribution >= 4 is 21.5 Å². The summed E-state index contributed by atoms with van der Waals surface area (Å²) in [6, 6.07) is 10.5. The van der Waals surface area contributed by atoms with Crippen LogP contribution in [0, 0.1) is 11.3 Å². The van der Waals surface area contributed by atoms with Gasteiger partial charge in [0.1, 0.15) is 0 Å². The lowest BCUT2D eigenvalue weighted by atomic mass is 9.95. The van der Waals surface area contributed by atoms with Crippen molar-refractivity contribution < 1.29 is 23.7 Å². The van der Waals surface area contributed by atoms with Crippen molar-refractivity contribution in [2.24, 2.45) is 0 Å². The van der Waals surface area contributed by atoms with E-state index in [9.17, 15) is 5.26 Å². The molecule has 0 saturated carbocycles. The van der Waals surface area contributed by atoms with Crippen LogP contribution in [0.4, 0.5) is 0 Å². The maximum Gasteiger partial charge on any atom is 0.204 e. The number of unbranched alkanes of at least 4 members (excludes halogenated alkanes) is 7. The molecule has 3 rings (SSSR count). The molecule has 0 radical (unpaired) electrons. The van der Waals surface area contributed by atoms with Gasteiger partial charge in [-0.25, -0.2) is 0 Å². The van der Waals surface area contributed by atoms with Crippen LogP contribution < -0.4 is 23.7 Å². The smallest absolute Gasteiger partial charge is 0.204 e. The van der Waals surface area contributed by atoms with Gasteiger partial charge in [-0.2, -0.15) is 5.26 Å². The first-order valence-corrected chi connectivity index (χ1v) is 16.8. The zero-order valence-electron chi connectivity index (χ0n) is 27.3. The average molecular weight is 592 g/mol. The Kier molecular flexibility index (Phi) is 15.1. The fourth-order valence-corrected chi connectivity index (χ4v) is 4.96. The summed E-state index contributed by atoms with van der Waals surface area (Å²) in [5.74, 6) is 3.36. The predicted molar refractivity (Wildman–Crippen MR) is 177 cm³/mol. The van der Waals surface area contributed by atoms with Crippen LogP contribution in [0.2, 0.25) is 0 Å². The second kappa shape index (κ2) is 19.1. The molecule has 0 aliphatic rings. The highest BCUT2D eigenvalue weighted by Gasteiger charge is 2.22. The molecule has 0 atom stereocenters. The van der Waals surface area contributed by atoms with Gasteiger partial charge < -0.3 is 23.7 Å². The van der Waals surface area contributed by atoms with E-state index in [1.54, 1.807) is 0 Å². The molecule has 0 aliphatic heterocycles. The Morgan fingerprint density at radius 2 is 0.860 bits per heavy atom. The Hall–Kier alpha value is -3.33. The fraction of sp³-hybridized carbons (Fsp3) is 0.595. The van der Waals surface area contributed by atoms with Gasteiger partial charge in [-0.1, -0.05) is 79.6 Å². The van der Waals surface area contributed by atoms with Crippen molar-refractivity contribution in [1.29, 1.82) is 5.26 Å². The van der Waals surface area contributed by atoms with E-state index in [0.29, 0.717) is 67.3 Å². The summed E-state index contributed by atoms with van der Waals surface area (Å²) >= 11 is 0. The molecule has 3 aromatic rings. The maximum atomic E-state index is 10.3. The summed E-state index contributed by atoms with van der Waals surface area (Å²) in [6.07, 6.45) is 12.3. The number of hydrogen-bond acceptors (Lipinski definition) is 6. The predicted octanol–water partition coefficient (Wildman–Crippen LogP) is 10.5. The summed E-state index contributed by atoms with van der Waals surface area (Å²) in [4.78, 5) is 0. The third kappa shape index (κ3) is 9.58. The third-order valence-electron chi connectivity index (χ3n) is 7.57. The van der Waals surface area contributed by atoms with Gasteiger partial charge in [-0.05, 0) is 67.1 Å². The Balaban J connectivity index is 2.27. The van der Waals surface area contributed by atoms with Crippen molar-refractivity contribution in [3.8, 4) is 34.8 Å². The second-order valence-electron chi connectivity index (χ2n) is 11.2. The molecule has 0 N–H and O–H groups in total. The van der Waals surface area contributed by atoms with Crippen molar-refractivity contribution in [3.05, 3.63) is 29.8 Å². The van der Waals surface area contributed by atoms with Gasteiger partial charge in [0.2, 0.25) is 5.75 Å². The zero-order chi connectivity index (χ0) is 30.9. The largest absolute Gasteiger partial charge is 0.490 e. The van der Waals surface area contributed by atoms with Crippen LogP contribution in [0.5, 0.6) is 28.7 Å². The average Bonchev–Trinajstić information content (AvgIpc) is 3.02. The zero-order valence-corrected chi connectivity index (χ0v) is 27.3. The van der Waals surface area contributed by atoms with E-state index in [2.05, 4.69) is 46.8 Å². The molecule has 0 aliphatic carbocycles. The molecule has 0 aromatic heterocycles. The molecule has 0 heterocycles. The highest BCUT2D eigenvalue weighted by Crippen LogP contribution is 2.48. The minimum Gasteiger partial charge on any atom is -0.490 e. The number of benzene rings is 3. The molecular weight excluding hydrogens is 538 g/mol. The van der Waals surface area contributed by atoms with Crippen molar-refractivity contribution in [1.82, 2.24) is 0 Å². The minimum absolute atomic E-state index is 0.560. The van der Waals surface area contributed by atoms with E-state index in [1.807, 2.05) is 18.2 Å². The maximum absolute atomic E-state index is 10.3. The highest BCUT2D eigenvalue weighted by atomic mass is 16.5. The van der Waals surface area contributed by atoms with Gasteiger partial charge in [-0.15, -0.1) is 0 Å². The van der Waals surface area contributed by atoms with Crippen molar-refractivity contribution in [2.45, 2.75) is 112 Å². The van der Waals surface area contributed by atoms with Crippen LogP contribution >= 0.6 is 0 Å². The summed E-state index contributed by atoms with van der Waals surface area (Å²) < 4.78 is 31.8. The number of hydrogen-bond donors (Lipinski definition) is 0. The molecule has 0 amide bonds. The van der Waals surface area contributed by atoms with Gasteiger partial charge >= 0.3 is 0 Å². The lowest BCUT2D eigenvalue weighted by Gasteiger charge is -2.21. The van der Waals surface area contributed by atoms with Gasteiger partial charge in [-0.3, -0.25) is 0 Å². The Morgan fingerprint density at radius 3 is 1.40 bits per heavy atom. The number of ether oxygens (including phenoxy) is 5. The van der Waals surface area contributed by atoms with Crippen LogP contribution in [0.25, 0.3) is 21.5 Å². The van der Waals surface area contributed by atoms with Gasteiger partial charge in [0.25, 0.3) is 0 Å². The first-order chi connectivity index (χ1) is 21.1. The Bertz CT molecular complexity index is 1310. The topological polar surface area (TPSA) is 69.9 Å². The van der Waals surface area contributed by atoms with E-state index in [4.69, 9.17) is 23.7 Å². The molecule has 0 unspecified atom stereocenters. The first kappa shape index (κ1) is 34.2. The molecule has 0 saturated heterocycles. The SMILES string of the molecule is CCCCCOc1cc2c(C#N)cc3c(OCCCC)c(OCCCC)c(OCCCC)cc3c2cc1OCCCCC. The quantitative estimate of drug-likeness (QED) is 0.0855. The third-order valence-corrected chi connectivity index (χ3v) is 7.57. The standard InChI is InChI=1S/C37H53NO5/c1-6-11-16-21-39-33-24-29-28(27-38)23-32-31(30(29)25-34(33)40-22-17-12-7-2)26-35(41-18-13-8-3)37(43-20-15-10-5)36(32)42-19-14-9-4/h23-26H,6-22H2,1-5H3. The lowest BCUT2D eigenvalue weighted by Crippen LogP contribution is -2.07. The molecular formula is C37H53NO5. The first-order valence-electron chi connectivity index (χ1n) is 16.8.